The number of ether oxygens (including phenoxy) is 1. The summed E-state index contributed by atoms with van der Waals surface area (Å²) in [5.41, 5.74) is 2.18. The zero-order valence-corrected chi connectivity index (χ0v) is 14.4. The minimum Gasteiger partial charge on any atom is -0.493 e. The van der Waals surface area contributed by atoms with Gasteiger partial charge in [-0.2, -0.15) is 0 Å². The van der Waals surface area contributed by atoms with Gasteiger partial charge in [-0.15, -0.1) is 0 Å². The Morgan fingerprint density at radius 2 is 2.12 bits per heavy atom. The van der Waals surface area contributed by atoms with Crippen molar-refractivity contribution in [2.24, 2.45) is 0 Å². The Labute approximate surface area is 148 Å². The average molecular weight is 340 g/mol. The fourth-order valence-electron chi connectivity index (χ4n) is 2.78. The number of aromatic nitrogens is 1. The Morgan fingerprint density at radius 1 is 1.24 bits per heavy atom. The van der Waals surface area contributed by atoms with Gasteiger partial charge in [-0.3, -0.25) is 0 Å². The molecule has 3 rings (SSSR count). The zero-order chi connectivity index (χ0) is 17.5. The number of amides is 2. The number of anilines is 1. The molecule has 3 N–H and O–H groups in total. The van der Waals surface area contributed by atoms with Gasteiger partial charge in [-0.1, -0.05) is 24.3 Å². The summed E-state index contributed by atoms with van der Waals surface area (Å²) in [7, 11) is 0. The Hall–Kier alpha value is -2.76. The topological polar surface area (TPSA) is 75.3 Å². The number of nitrogens with one attached hydrogen (secondary N) is 3. The van der Waals surface area contributed by atoms with Crippen molar-refractivity contribution >= 4 is 11.8 Å². The number of benzene rings is 1. The smallest absolute Gasteiger partial charge is 0.315 e. The highest BCUT2D eigenvalue weighted by atomic mass is 16.5. The van der Waals surface area contributed by atoms with Gasteiger partial charge < -0.3 is 20.7 Å². The summed E-state index contributed by atoms with van der Waals surface area (Å²) in [5.74, 6) is 1.71. The molecule has 0 saturated carbocycles. The first-order valence-electron chi connectivity index (χ1n) is 8.65. The van der Waals surface area contributed by atoms with Crippen LogP contribution in [0.2, 0.25) is 0 Å². The molecule has 1 unspecified atom stereocenters. The van der Waals surface area contributed by atoms with Crippen LogP contribution >= 0.6 is 0 Å². The van der Waals surface area contributed by atoms with E-state index >= 15 is 0 Å². The molecule has 1 aliphatic heterocycles. The van der Waals surface area contributed by atoms with E-state index in [4.69, 9.17) is 4.74 Å². The van der Waals surface area contributed by atoms with Crippen LogP contribution in [0.5, 0.6) is 5.75 Å². The fraction of sp³-hybridized carbons (Fsp3) is 0.368. The summed E-state index contributed by atoms with van der Waals surface area (Å²) in [6, 6.07) is 11.7. The molecule has 1 aromatic carbocycles. The van der Waals surface area contributed by atoms with Crippen LogP contribution in [0.4, 0.5) is 10.6 Å². The van der Waals surface area contributed by atoms with Crippen molar-refractivity contribution in [2.45, 2.75) is 25.8 Å². The first-order valence-corrected chi connectivity index (χ1v) is 8.65. The lowest BCUT2D eigenvalue weighted by Crippen LogP contribution is -2.40. The molecule has 2 aromatic rings. The quantitative estimate of drug-likeness (QED) is 0.707. The van der Waals surface area contributed by atoms with Crippen LogP contribution in [0.3, 0.4) is 0 Å². The second-order valence-electron chi connectivity index (χ2n) is 6.13. The zero-order valence-electron chi connectivity index (χ0n) is 14.4. The molecule has 1 aromatic heterocycles. The van der Waals surface area contributed by atoms with Crippen LogP contribution in [-0.4, -0.2) is 30.7 Å². The highest BCUT2D eigenvalue weighted by Crippen LogP contribution is 2.31. The predicted octanol–water partition coefficient (Wildman–Crippen LogP) is 3.02. The summed E-state index contributed by atoms with van der Waals surface area (Å²) in [5, 5.41) is 9.17. The lowest BCUT2D eigenvalue weighted by molar-refractivity contribution is 0.223. The van der Waals surface area contributed by atoms with Crippen LogP contribution in [0.15, 0.2) is 42.6 Å². The van der Waals surface area contributed by atoms with Crippen molar-refractivity contribution in [3.63, 3.8) is 0 Å². The summed E-state index contributed by atoms with van der Waals surface area (Å²) in [6.45, 7) is 4.00. The first kappa shape index (κ1) is 17.1. The number of hydrogen-bond acceptors (Lipinski definition) is 4. The third-order valence-electron chi connectivity index (χ3n) is 4.12. The Kier molecular flexibility index (Phi) is 5.72. The standard InChI is InChI=1S/C19H24N4O2/c1-14-7-8-18(22-13-14)20-10-4-11-21-19(24)23-16-9-12-25-17-6-3-2-5-15(16)17/h2-3,5-8,13,16H,4,9-12H2,1H3,(H,20,22)(H2,21,23,24). The largest absolute Gasteiger partial charge is 0.493 e. The molecule has 1 aliphatic rings. The molecule has 0 fully saturated rings. The van der Waals surface area contributed by atoms with Crippen molar-refractivity contribution in [3.05, 3.63) is 53.7 Å². The second kappa shape index (κ2) is 8.37. The van der Waals surface area contributed by atoms with E-state index in [2.05, 4.69) is 20.9 Å². The number of aryl methyl sites for hydroxylation is 1. The maximum absolute atomic E-state index is 12.1. The summed E-state index contributed by atoms with van der Waals surface area (Å²) in [4.78, 5) is 16.4. The third kappa shape index (κ3) is 4.86. The number of hydrogen-bond donors (Lipinski definition) is 3. The molecule has 0 radical (unpaired) electrons. The molecule has 6 nitrogen and oxygen atoms in total. The molecule has 6 heteroatoms. The molecule has 1 atom stereocenters. The molecule has 0 spiro atoms. The van der Waals surface area contributed by atoms with Gasteiger partial charge >= 0.3 is 6.03 Å². The average Bonchev–Trinajstić information content (AvgIpc) is 2.63. The fourth-order valence-corrected chi connectivity index (χ4v) is 2.78. The summed E-state index contributed by atoms with van der Waals surface area (Å²) < 4.78 is 5.61. The Bertz CT molecular complexity index is 703. The Balaban J connectivity index is 1.37. The third-order valence-corrected chi connectivity index (χ3v) is 4.12. The normalized spacial score (nSPS) is 15.6. The van der Waals surface area contributed by atoms with Crippen LogP contribution < -0.4 is 20.7 Å². The van der Waals surface area contributed by atoms with Gasteiger partial charge in [0.1, 0.15) is 11.6 Å². The number of nitrogens with zero attached hydrogens (tertiary/aromatic N) is 1. The highest BCUT2D eigenvalue weighted by Gasteiger charge is 2.22. The lowest BCUT2D eigenvalue weighted by atomic mass is 10.0. The van der Waals surface area contributed by atoms with Crippen LogP contribution in [-0.2, 0) is 0 Å². The van der Waals surface area contributed by atoms with E-state index in [0.717, 1.165) is 42.1 Å². The molecule has 0 saturated heterocycles. The van der Waals surface area contributed by atoms with Gasteiger partial charge in [-0.25, -0.2) is 9.78 Å². The number of fused-ring (bicyclic) bond motifs is 1. The van der Waals surface area contributed by atoms with Crippen molar-refractivity contribution in [1.82, 2.24) is 15.6 Å². The molecular weight excluding hydrogens is 316 g/mol. The van der Waals surface area contributed by atoms with Crippen LogP contribution in [0, 0.1) is 6.92 Å². The molecule has 2 amide bonds. The van der Waals surface area contributed by atoms with Gasteiger partial charge in [0, 0.05) is 31.3 Å². The maximum Gasteiger partial charge on any atom is 0.315 e. The minimum absolute atomic E-state index is 0.000154. The van der Waals surface area contributed by atoms with Crippen molar-refractivity contribution in [1.29, 1.82) is 0 Å². The summed E-state index contributed by atoms with van der Waals surface area (Å²) in [6.07, 6.45) is 3.44. The molecule has 0 bridgehead atoms. The van der Waals surface area contributed by atoms with Gasteiger partial charge in [0.15, 0.2) is 0 Å². The number of pyridine rings is 1. The number of para-hydroxylation sites is 1. The van der Waals surface area contributed by atoms with Gasteiger partial charge in [0.05, 0.1) is 12.6 Å². The summed E-state index contributed by atoms with van der Waals surface area (Å²) >= 11 is 0. The van der Waals surface area contributed by atoms with E-state index in [-0.39, 0.29) is 12.1 Å². The predicted molar refractivity (Wildman–Crippen MR) is 97.9 cm³/mol. The number of rotatable bonds is 6. The molecule has 2 heterocycles. The number of carbonyl (C=O) groups excluding carboxylic acids is 1. The molecule has 132 valence electrons. The van der Waals surface area contributed by atoms with E-state index < -0.39 is 0 Å². The van der Waals surface area contributed by atoms with Crippen molar-refractivity contribution in [3.8, 4) is 5.75 Å². The Morgan fingerprint density at radius 3 is 2.96 bits per heavy atom. The minimum atomic E-state index is -0.143. The van der Waals surface area contributed by atoms with Crippen LogP contribution in [0.25, 0.3) is 0 Å². The molecular formula is C19H24N4O2. The van der Waals surface area contributed by atoms with E-state index in [1.807, 2.05) is 49.5 Å². The van der Waals surface area contributed by atoms with E-state index in [0.29, 0.717) is 13.2 Å². The maximum atomic E-state index is 12.1. The second-order valence-corrected chi connectivity index (χ2v) is 6.13. The SMILES string of the molecule is Cc1ccc(NCCCNC(=O)NC2CCOc3ccccc32)nc1. The number of carbonyl (C=O) groups is 1. The molecule has 25 heavy (non-hydrogen) atoms. The lowest BCUT2D eigenvalue weighted by Gasteiger charge is -2.26. The first-order chi connectivity index (χ1) is 12.2. The van der Waals surface area contributed by atoms with Crippen molar-refractivity contribution < 1.29 is 9.53 Å². The molecule has 0 aliphatic carbocycles. The van der Waals surface area contributed by atoms with E-state index in [9.17, 15) is 4.79 Å². The number of urea groups is 1. The van der Waals surface area contributed by atoms with Gasteiger partial charge in [-0.05, 0) is 31.0 Å². The van der Waals surface area contributed by atoms with Crippen LogP contribution in [0.1, 0.15) is 30.0 Å². The monoisotopic (exact) mass is 340 g/mol. The van der Waals surface area contributed by atoms with Gasteiger partial charge in [0.25, 0.3) is 0 Å². The van der Waals surface area contributed by atoms with Crippen molar-refractivity contribution in [2.75, 3.05) is 25.0 Å². The van der Waals surface area contributed by atoms with E-state index in [1.165, 1.54) is 0 Å². The van der Waals surface area contributed by atoms with Gasteiger partial charge in [0.2, 0.25) is 0 Å². The highest BCUT2D eigenvalue weighted by molar-refractivity contribution is 5.74. The van der Waals surface area contributed by atoms with E-state index in [1.54, 1.807) is 0 Å².